The van der Waals surface area contributed by atoms with Gasteiger partial charge in [-0.1, -0.05) is 12.1 Å². The molecule has 4 rings (SSSR count). The highest BCUT2D eigenvalue weighted by atomic mass is 32.1. The Balaban J connectivity index is 1.57. The molecule has 3 aromatic heterocycles. The van der Waals surface area contributed by atoms with Crippen molar-refractivity contribution in [2.75, 3.05) is 10.6 Å². The maximum atomic E-state index is 12.7. The average Bonchev–Trinajstić information content (AvgIpc) is 3.34. The van der Waals surface area contributed by atoms with E-state index in [9.17, 15) is 9.59 Å². The highest BCUT2D eigenvalue weighted by Crippen LogP contribution is 2.32. The lowest BCUT2D eigenvalue weighted by Gasteiger charge is -2.10. The molecule has 0 aliphatic heterocycles. The van der Waals surface area contributed by atoms with E-state index in [0.29, 0.717) is 22.7 Å². The first kappa shape index (κ1) is 18.4. The third-order valence-electron chi connectivity index (χ3n) is 4.29. The van der Waals surface area contributed by atoms with Crippen molar-refractivity contribution in [2.24, 2.45) is 7.05 Å². The van der Waals surface area contributed by atoms with Gasteiger partial charge in [-0.05, 0) is 40.6 Å². The van der Waals surface area contributed by atoms with Crippen molar-refractivity contribution >= 4 is 50.4 Å². The molecule has 2 N–H and O–H groups in total. The Bertz CT molecular complexity index is 1190. The van der Waals surface area contributed by atoms with Gasteiger partial charge in [0.05, 0.1) is 5.52 Å². The van der Waals surface area contributed by atoms with E-state index >= 15 is 0 Å². The molecule has 0 aliphatic carbocycles. The Kier molecular flexibility index (Phi) is 4.97. The summed E-state index contributed by atoms with van der Waals surface area (Å²) in [6.07, 6.45) is 0. The minimum atomic E-state index is -0.101. The highest BCUT2D eigenvalue weighted by Gasteiger charge is 2.13. The number of carbonyl (C=O) groups is 1. The van der Waals surface area contributed by atoms with Crippen LogP contribution in [0, 0.1) is 0 Å². The molecule has 28 heavy (non-hydrogen) atoms. The third-order valence-corrected chi connectivity index (χ3v) is 6.13. The maximum absolute atomic E-state index is 12.7. The summed E-state index contributed by atoms with van der Waals surface area (Å²) >= 11 is 3.11. The van der Waals surface area contributed by atoms with E-state index in [1.54, 1.807) is 23.0 Å². The summed E-state index contributed by atoms with van der Waals surface area (Å²) < 4.78 is 2.20. The number of nitrogens with zero attached hydrogens (tertiary/aromatic N) is 2. The molecule has 1 aromatic carbocycles. The van der Waals surface area contributed by atoms with Crippen LogP contribution < -0.4 is 16.2 Å². The summed E-state index contributed by atoms with van der Waals surface area (Å²) in [5, 5.41) is 10.1. The van der Waals surface area contributed by atoms with Gasteiger partial charge in [-0.15, -0.1) is 11.3 Å². The molecule has 1 amide bonds. The molecule has 142 valence electrons. The molecule has 0 atom stereocenters. The topological polar surface area (TPSA) is 76.0 Å². The van der Waals surface area contributed by atoms with Crippen LogP contribution in [-0.2, 0) is 18.4 Å². The number of thiophene rings is 2. The zero-order valence-electron chi connectivity index (χ0n) is 15.4. The second-order valence-corrected chi connectivity index (χ2v) is 8.20. The van der Waals surface area contributed by atoms with Crippen molar-refractivity contribution in [3.05, 3.63) is 63.1 Å². The molecule has 0 saturated heterocycles. The van der Waals surface area contributed by atoms with Crippen LogP contribution in [-0.4, -0.2) is 15.5 Å². The van der Waals surface area contributed by atoms with Gasteiger partial charge in [0.25, 0.3) is 5.56 Å². The van der Waals surface area contributed by atoms with Crippen LogP contribution in [0.1, 0.15) is 12.5 Å². The number of aromatic nitrogens is 2. The molecule has 0 fully saturated rings. The van der Waals surface area contributed by atoms with Crippen LogP contribution in [0.25, 0.3) is 20.7 Å². The number of rotatable bonds is 5. The summed E-state index contributed by atoms with van der Waals surface area (Å²) in [7, 11) is 1.72. The van der Waals surface area contributed by atoms with Crippen molar-refractivity contribution in [1.82, 2.24) is 9.55 Å². The lowest BCUT2D eigenvalue weighted by Crippen LogP contribution is -2.21. The fraction of sp³-hybridized carbons (Fsp3) is 0.150. The molecule has 0 saturated carbocycles. The standard InChI is InChI=1S/C20H18N4O2S2/c1-12(25)22-15-5-3-13(4-6-15)10-21-20-23-16-9-17(14-7-8-27-11-14)28-18(16)19(26)24(20)2/h3-9,11H,10H2,1-2H3,(H,21,23)(H,22,25). The Hall–Kier alpha value is -2.97. The molecular formula is C20H18N4O2S2. The molecule has 0 radical (unpaired) electrons. The number of anilines is 2. The molecule has 3 heterocycles. The van der Waals surface area contributed by atoms with Gasteiger partial charge in [-0.3, -0.25) is 14.2 Å². The van der Waals surface area contributed by atoms with E-state index in [1.165, 1.54) is 18.3 Å². The van der Waals surface area contributed by atoms with Crippen molar-refractivity contribution in [3.8, 4) is 10.4 Å². The zero-order chi connectivity index (χ0) is 19.7. The van der Waals surface area contributed by atoms with Crippen LogP contribution >= 0.6 is 22.7 Å². The maximum Gasteiger partial charge on any atom is 0.272 e. The Morgan fingerprint density at radius 2 is 2.00 bits per heavy atom. The molecule has 0 aliphatic rings. The number of hydrogen-bond acceptors (Lipinski definition) is 6. The molecule has 8 heteroatoms. The van der Waals surface area contributed by atoms with Gasteiger partial charge in [0, 0.05) is 36.6 Å². The van der Waals surface area contributed by atoms with Gasteiger partial charge in [0.1, 0.15) is 4.70 Å². The van der Waals surface area contributed by atoms with E-state index in [4.69, 9.17) is 0 Å². The monoisotopic (exact) mass is 410 g/mol. The molecule has 0 unspecified atom stereocenters. The number of nitrogens with one attached hydrogen (secondary N) is 2. The van der Waals surface area contributed by atoms with Crippen molar-refractivity contribution in [2.45, 2.75) is 13.5 Å². The predicted molar refractivity (Wildman–Crippen MR) is 116 cm³/mol. The second kappa shape index (κ2) is 7.57. The Morgan fingerprint density at radius 3 is 2.68 bits per heavy atom. The van der Waals surface area contributed by atoms with Crippen molar-refractivity contribution < 1.29 is 4.79 Å². The molecule has 0 spiro atoms. The lowest BCUT2D eigenvalue weighted by atomic mass is 10.2. The Morgan fingerprint density at radius 1 is 1.21 bits per heavy atom. The molecule has 6 nitrogen and oxygen atoms in total. The van der Waals surface area contributed by atoms with Gasteiger partial charge in [-0.25, -0.2) is 4.98 Å². The second-order valence-electron chi connectivity index (χ2n) is 6.37. The summed E-state index contributed by atoms with van der Waals surface area (Å²) in [6, 6.07) is 11.6. The van der Waals surface area contributed by atoms with Crippen molar-refractivity contribution in [1.29, 1.82) is 0 Å². The van der Waals surface area contributed by atoms with E-state index in [1.807, 2.05) is 41.8 Å². The first-order chi connectivity index (χ1) is 13.5. The summed E-state index contributed by atoms with van der Waals surface area (Å²) in [6.45, 7) is 2.00. The number of benzene rings is 1. The lowest BCUT2D eigenvalue weighted by molar-refractivity contribution is -0.114. The summed E-state index contributed by atoms with van der Waals surface area (Å²) in [5.74, 6) is 0.425. The summed E-state index contributed by atoms with van der Waals surface area (Å²) in [4.78, 5) is 29.5. The van der Waals surface area contributed by atoms with E-state index < -0.39 is 0 Å². The molecular weight excluding hydrogens is 392 g/mol. The highest BCUT2D eigenvalue weighted by molar-refractivity contribution is 7.22. The fourth-order valence-electron chi connectivity index (χ4n) is 2.85. The van der Waals surface area contributed by atoms with Crippen LogP contribution in [0.15, 0.2) is 52.0 Å². The van der Waals surface area contributed by atoms with Crippen LogP contribution in [0.3, 0.4) is 0 Å². The van der Waals surface area contributed by atoms with Gasteiger partial charge >= 0.3 is 0 Å². The fourth-order valence-corrected chi connectivity index (χ4v) is 4.65. The van der Waals surface area contributed by atoms with Crippen LogP contribution in [0.2, 0.25) is 0 Å². The largest absolute Gasteiger partial charge is 0.351 e. The van der Waals surface area contributed by atoms with Crippen LogP contribution in [0.5, 0.6) is 0 Å². The number of carbonyl (C=O) groups excluding carboxylic acids is 1. The minimum absolute atomic E-state index is 0.0556. The number of fused-ring (bicyclic) bond motifs is 1. The SMILES string of the molecule is CC(=O)Nc1ccc(CNc2nc3cc(-c4ccsc4)sc3c(=O)n2C)cc1. The first-order valence-electron chi connectivity index (χ1n) is 8.65. The van der Waals surface area contributed by atoms with Gasteiger partial charge in [0.15, 0.2) is 0 Å². The van der Waals surface area contributed by atoms with Gasteiger partial charge in [0.2, 0.25) is 11.9 Å². The van der Waals surface area contributed by atoms with E-state index in [2.05, 4.69) is 21.0 Å². The molecule has 4 aromatic rings. The van der Waals surface area contributed by atoms with Crippen molar-refractivity contribution in [3.63, 3.8) is 0 Å². The summed E-state index contributed by atoms with van der Waals surface area (Å²) in [5.41, 5.74) is 3.54. The van der Waals surface area contributed by atoms with E-state index in [-0.39, 0.29) is 11.5 Å². The average molecular weight is 411 g/mol. The first-order valence-corrected chi connectivity index (χ1v) is 10.4. The van der Waals surface area contributed by atoms with Crippen LogP contribution in [0.4, 0.5) is 11.6 Å². The van der Waals surface area contributed by atoms with E-state index in [0.717, 1.165) is 21.7 Å². The minimum Gasteiger partial charge on any atom is -0.351 e. The van der Waals surface area contributed by atoms with Gasteiger partial charge < -0.3 is 10.6 Å². The van der Waals surface area contributed by atoms with Gasteiger partial charge in [-0.2, -0.15) is 11.3 Å². The molecule has 0 bridgehead atoms. The number of amides is 1. The smallest absolute Gasteiger partial charge is 0.272 e. The number of hydrogen-bond donors (Lipinski definition) is 2. The normalized spacial score (nSPS) is 10.9. The third kappa shape index (κ3) is 3.69. The zero-order valence-corrected chi connectivity index (χ0v) is 17.0. The quantitative estimate of drug-likeness (QED) is 0.514. The predicted octanol–water partition coefficient (Wildman–Crippen LogP) is 4.29. The Labute approximate surface area is 169 Å².